The van der Waals surface area contributed by atoms with E-state index in [-0.39, 0.29) is 0 Å². The number of rotatable bonds is 5. The minimum atomic E-state index is 0.389. The molecule has 0 unspecified atom stereocenters. The lowest BCUT2D eigenvalue weighted by molar-refractivity contribution is -0.119. The van der Waals surface area contributed by atoms with Crippen molar-refractivity contribution in [1.29, 1.82) is 0 Å². The van der Waals surface area contributed by atoms with Gasteiger partial charge in [0.1, 0.15) is 5.78 Å². The van der Waals surface area contributed by atoms with E-state index in [2.05, 4.69) is 39.8 Å². The first-order valence-electron chi connectivity index (χ1n) is 6.13. The van der Waals surface area contributed by atoms with Gasteiger partial charge in [0.2, 0.25) is 0 Å². The Hall–Kier alpha value is -1.11. The van der Waals surface area contributed by atoms with Crippen molar-refractivity contribution in [1.82, 2.24) is 0 Å². The molecular formula is C15H22O. The molecule has 0 heterocycles. The van der Waals surface area contributed by atoms with E-state index in [1.165, 1.54) is 22.3 Å². The molecule has 1 aromatic rings. The third kappa shape index (κ3) is 3.48. The number of aryl methyl sites for hydroxylation is 4. The Morgan fingerprint density at radius 3 is 2.25 bits per heavy atom. The van der Waals surface area contributed by atoms with Crippen molar-refractivity contribution in [2.24, 2.45) is 0 Å². The Labute approximate surface area is 98.9 Å². The van der Waals surface area contributed by atoms with Crippen LogP contribution in [0.4, 0.5) is 0 Å². The number of hydrogen-bond donors (Lipinski definition) is 0. The first-order chi connectivity index (χ1) is 7.54. The van der Waals surface area contributed by atoms with E-state index in [0.717, 1.165) is 19.3 Å². The summed E-state index contributed by atoms with van der Waals surface area (Å²) in [6.07, 6.45) is 3.28. The highest BCUT2D eigenvalue weighted by Crippen LogP contribution is 2.17. The van der Waals surface area contributed by atoms with E-state index in [9.17, 15) is 4.79 Å². The summed E-state index contributed by atoms with van der Waals surface area (Å²) in [7, 11) is 0. The quantitative estimate of drug-likeness (QED) is 0.732. The molecule has 0 aliphatic carbocycles. The first kappa shape index (κ1) is 13.0. The Morgan fingerprint density at radius 1 is 1.00 bits per heavy atom. The highest BCUT2D eigenvalue weighted by molar-refractivity contribution is 5.78. The molecule has 0 saturated heterocycles. The van der Waals surface area contributed by atoms with E-state index in [4.69, 9.17) is 0 Å². The van der Waals surface area contributed by atoms with Crippen LogP contribution < -0.4 is 0 Å². The average Bonchev–Trinajstić information content (AvgIpc) is 2.22. The van der Waals surface area contributed by atoms with Gasteiger partial charge < -0.3 is 0 Å². The molecule has 1 heteroatoms. The van der Waals surface area contributed by atoms with E-state index in [1.807, 2.05) is 0 Å². The summed E-state index contributed by atoms with van der Waals surface area (Å²) in [5.74, 6) is 0.389. The average molecular weight is 218 g/mol. The molecule has 0 bridgehead atoms. The maximum Gasteiger partial charge on any atom is 0.133 e. The smallest absolute Gasteiger partial charge is 0.133 e. The van der Waals surface area contributed by atoms with Crippen molar-refractivity contribution >= 4 is 5.78 Å². The maximum absolute atomic E-state index is 11.5. The lowest BCUT2D eigenvalue weighted by atomic mass is 9.96. The lowest BCUT2D eigenvalue weighted by Crippen LogP contribution is -2.01. The van der Waals surface area contributed by atoms with Gasteiger partial charge in [-0.25, -0.2) is 0 Å². The van der Waals surface area contributed by atoms with Crippen LogP contribution in [-0.2, 0) is 11.2 Å². The van der Waals surface area contributed by atoms with E-state index < -0.39 is 0 Å². The Bertz CT molecular complexity index is 377. The van der Waals surface area contributed by atoms with Crippen LogP contribution in [0.3, 0.4) is 0 Å². The van der Waals surface area contributed by atoms with E-state index in [1.54, 1.807) is 0 Å². The van der Waals surface area contributed by atoms with Gasteiger partial charge in [0.15, 0.2) is 0 Å². The van der Waals surface area contributed by atoms with Crippen LogP contribution in [0.1, 0.15) is 48.4 Å². The van der Waals surface area contributed by atoms with Gasteiger partial charge in [-0.15, -0.1) is 0 Å². The van der Waals surface area contributed by atoms with Crippen LogP contribution in [0, 0.1) is 20.8 Å². The van der Waals surface area contributed by atoms with E-state index in [0.29, 0.717) is 12.2 Å². The molecule has 0 aliphatic rings. The van der Waals surface area contributed by atoms with Crippen LogP contribution in [0.25, 0.3) is 0 Å². The molecule has 88 valence electrons. The van der Waals surface area contributed by atoms with Crippen LogP contribution in [0.2, 0.25) is 0 Å². The fourth-order valence-electron chi connectivity index (χ4n) is 1.97. The second kappa shape index (κ2) is 5.83. The monoisotopic (exact) mass is 218 g/mol. The van der Waals surface area contributed by atoms with Gasteiger partial charge in [-0.2, -0.15) is 0 Å². The minimum absolute atomic E-state index is 0.389. The summed E-state index contributed by atoms with van der Waals surface area (Å²) >= 11 is 0. The second-order valence-electron chi connectivity index (χ2n) is 4.65. The van der Waals surface area contributed by atoms with Gasteiger partial charge in [-0.3, -0.25) is 4.79 Å². The number of carbonyl (C=O) groups is 1. The summed E-state index contributed by atoms with van der Waals surface area (Å²) in [6.45, 7) is 8.45. The Kier molecular flexibility index (Phi) is 4.72. The van der Waals surface area contributed by atoms with Crippen molar-refractivity contribution in [3.8, 4) is 0 Å². The van der Waals surface area contributed by atoms with Gasteiger partial charge >= 0.3 is 0 Å². The zero-order chi connectivity index (χ0) is 12.1. The fourth-order valence-corrected chi connectivity index (χ4v) is 1.97. The molecule has 1 rings (SSSR count). The lowest BCUT2D eigenvalue weighted by Gasteiger charge is -2.09. The minimum Gasteiger partial charge on any atom is -0.300 e. The van der Waals surface area contributed by atoms with Gasteiger partial charge in [-0.1, -0.05) is 19.1 Å². The summed E-state index contributed by atoms with van der Waals surface area (Å²) in [5.41, 5.74) is 5.30. The predicted octanol–water partition coefficient (Wildman–Crippen LogP) is 3.91. The van der Waals surface area contributed by atoms with Crippen molar-refractivity contribution in [2.45, 2.75) is 53.4 Å². The molecule has 0 aromatic heterocycles. The van der Waals surface area contributed by atoms with Crippen LogP contribution in [0.15, 0.2) is 12.1 Å². The van der Waals surface area contributed by atoms with Gasteiger partial charge in [0.05, 0.1) is 0 Å². The summed E-state index contributed by atoms with van der Waals surface area (Å²) < 4.78 is 0. The molecule has 0 radical (unpaired) electrons. The number of ketones is 1. The molecule has 1 aromatic carbocycles. The molecule has 16 heavy (non-hydrogen) atoms. The zero-order valence-electron chi connectivity index (χ0n) is 10.9. The van der Waals surface area contributed by atoms with Crippen molar-refractivity contribution < 1.29 is 4.79 Å². The molecule has 0 amide bonds. The molecule has 0 saturated carbocycles. The first-order valence-corrected chi connectivity index (χ1v) is 6.13. The molecule has 0 aliphatic heterocycles. The van der Waals surface area contributed by atoms with E-state index >= 15 is 0 Å². The summed E-state index contributed by atoms with van der Waals surface area (Å²) in [4.78, 5) is 11.5. The van der Waals surface area contributed by atoms with Crippen molar-refractivity contribution in [2.75, 3.05) is 0 Å². The number of carbonyl (C=O) groups excluding carboxylic acids is 1. The highest BCUT2D eigenvalue weighted by Gasteiger charge is 2.05. The summed E-state index contributed by atoms with van der Waals surface area (Å²) in [5, 5.41) is 0. The van der Waals surface area contributed by atoms with Crippen LogP contribution >= 0.6 is 0 Å². The molecule has 0 atom stereocenters. The third-order valence-corrected chi connectivity index (χ3v) is 3.15. The number of benzene rings is 1. The Balaban J connectivity index is 2.67. The molecular weight excluding hydrogens is 196 g/mol. The third-order valence-electron chi connectivity index (χ3n) is 3.15. The zero-order valence-corrected chi connectivity index (χ0v) is 10.9. The fraction of sp³-hybridized carbons (Fsp3) is 0.533. The van der Waals surface area contributed by atoms with Crippen molar-refractivity contribution in [3.63, 3.8) is 0 Å². The standard InChI is InChI=1S/C15H22O/c1-5-6-15(16)8-7-14-10-12(3)11(2)9-13(14)4/h9-10H,5-8H2,1-4H3. The normalized spacial score (nSPS) is 10.5. The van der Waals surface area contributed by atoms with Gasteiger partial charge in [0.25, 0.3) is 0 Å². The second-order valence-corrected chi connectivity index (χ2v) is 4.65. The Morgan fingerprint density at radius 2 is 1.62 bits per heavy atom. The topological polar surface area (TPSA) is 17.1 Å². The molecule has 1 nitrogen and oxygen atoms in total. The van der Waals surface area contributed by atoms with Crippen LogP contribution in [0.5, 0.6) is 0 Å². The highest BCUT2D eigenvalue weighted by atomic mass is 16.1. The SMILES string of the molecule is CCCC(=O)CCc1cc(C)c(C)cc1C. The number of Topliss-reactive ketones (excluding diaryl/α,β-unsaturated/α-hetero) is 1. The predicted molar refractivity (Wildman–Crippen MR) is 68.9 cm³/mol. The van der Waals surface area contributed by atoms with Gasteiger partial charge in [-0.05, 0) is 55.9 Å². The molecule has 0 fully saturated rings. The maximum atomic E-state index is 11.5. The molecule has 0 spiro atoms. The number of hydrogen-bond acceptors (Lipinski definition) is 1. The van der Waals surface area contributed by atoms with Crippen molar-refractivity contribution in [3.05, 3.63) is 34.4 Å². The largest absolute Gasteiger partial charge is 0.300 e. The van der Waals surface area contributed by atoms with Crippen LogP contribution in [-0.4, -0.2) is 5.78 Å². The van der Waals surface area contributed by atoms with Gasteiger partial charge in [0, 0.05) is 12.8 Å². The molecule has 0 N–H and O–H groups in total. The summed E-state index contributed by atoms with van der Waals surface area (Å²) in [6, 6.07) is 4.44.